The van der Waals surface area contributed by atoms with E-state index in [1.165, 1.54) is 5.56 Å². The first-order valence-corrected chi connectivity index (χ1v) is 5.11. The molecule has 1 aromatic carbocycles. The summed E-state index contributed by atoms with van der Waals surface area (Å²) in [5, 5.41) is 4.46. The van der Waals surface area contributed by atoms with Gasteiger partial charge in [0.25, 0.3) is 0 Å². The molecule has 1 aromatic heterocycles. The van der Waals surface area contributed by atoms with E-state index in [9.17, 15) is 0 Å². The molecular weight excluding hydrogens is 186 g/mol. The zero-order valence-electron chi connectivity index (χ0n) is 8.83. The van der Waals surface area contributed by atoms with Gasteiger partial charge in [0, 0.05) is 30.4 Å². The zero-order chi connectivity index (χ0) is 10.7. The van der Waals surface area contributed by atoms with Crippen molar-refractivity contribution in [2.24, 2.45) is 5.73 Å². The largest absolute Gasteiger partial charge is 0.383 e. The van der Waals surface area contributed by atoms with Crippen LogP contribution in [-0.4, -0.2) is 18.1 Å². The summed E-state index contributed by atoms with van der Waals surface area (Å²) in [5.74, 6) is 0. The molecule has 0 unspecified atom stereocenters. The lowest BCUT2D eigenvalue weighted by molar-refractivity contribution is 1.03. The molecule has 0 aliphatic carbocycles. The van der Waals surface area contributed by atoms with E-state index >= 15 is 0 Å². The van der Waals surface area contributed by atoms with Crippen LogP contribution in [0.15, 0.2) is 30.5 Å². The number of hydrogen-bond acceptors (Lipinski definition) is 3. The van der Waals surface area contributed by atoms with Gasteiger partial charge in [0.2, 0.25) is 0 Å². The molecule has 0 amide bonds. The van der Waals surface area contributed by atoms with Crippen molar-refractivity contribution in [3.05, 3.63) is 36.0 Å². The van der Waals surface area contributed by atoms with Crippen LogP contribution >= 0.6 is 0 Å². The summed E-state index contributed by atoms with van der Waals surface area (Å²) >= 11 is 0. The number of fused-ring (bicyclic) bond motifs is 1. The van der Waals surface area contributed by atoms with Crippen molar-refractivity contribution in [2.75, 3.05) is 18.4 Å². The van der Waals surface area contributed by atoms with E-state index in [0.717, 1.165) is 23.1 Å². The summed E-state index contributed by atoms with van der Waals surface area (Å²) in [6.07, 6.45) is 1.83. The molecule has 2 rings (SSSR count). The van der Waals surface area contributed by atoms with Crippen LogP contribution < -0.4 is 11.1 Å². The van der Waals surface area contributed by atoms with Gasteiger partial charge >= 0.3 is 0 Å². The van der Waals surface area contributed by atoms with E-state index in [4.69, 9.17) is 5.73 Å². The van der Waals surface area contributed by atoms with E-state index in [0.29, 0.717) is 6.54 Å². The number of aryl methyl sites for hydroxylation is 1. The second-order valence-corrected chi connectivity index (χ2v) is 3.55. The fraction of sp³-hybridized carbons (Fsp3) is 0.250. The molecule has 3 N–H and O–H groups in total. The molecule has 78 valence electrons. The Kier molecular flexibility index (Phi) is 2.83. The van der Waals surface area contributed by atoms with Crippen molar-refractivity contribution in [3.8, 4) is 0 Å². The highest BCUT2D eigenvalue weighted by molar-refractivity contribution is 5.92. The smallest absolute Gasteiger partial charge is 0.0751 e. The molecule has 0 spiro atoms. The summed E-state index contributed by atoms with van der Waals surface area (Å²) in [6, 6.07) is 8.18. The average molecular weight is 201 g/mol. The van der Waals surface area contributed by atoms with Gasteiger partial charge in [0.1, 0.15) is 0 Å². The standard InChI is InChI=1S/C12H15N3/c1-9-3-2-4-10-11(14-8-6-13)5-7-15-12(9)10/h2-5,7H,6,8,13H2,1H3,(H,14,15). The molecule has 0 atom stereocenters. The van der Waals surface area contributed by atoms with Gasteiger partial charge in [0.05, 0.1) is 5.52 Å². The third kappa shape index (κ3) is 1.92. The van der Waals surface area contributed by atoms with Gasteiger partial charge in [-0.2, -0.15) is 0 Å². The lowest BCUT2D eigenvalue weighted by atomic mass is 10.1. The highest BCUT2D eigenvalue weighted by Gasteiger charge is 2.02. The molecule has 2 aromatic rings. The monoisotopic (exact) mass is 201 g/mol. The van der Waals surface area contributed by atoms with Crippen LogP contribution in [0.25, 0.3) is 10.9 Å². The van der Waals surface area contributed by atoms with Crippen molar-refractivity contribution in [1.29, 1.82) is 0 Å². The molecule has 0 radical (unpaired) electrons. The van der Waals surface area contributed by atoms with Crippen molar-refractivity contribution in [3.63, 3.8) is 0 Å². The van der Waals surface area contributed by atoms with Gasteiger partial charge in [-0.15, -0.1) is 0 Å². The normalized spacial score (nSPS) is 10.5. The molecule has 0 saturated heterocycles. The van der Waals surface area contributed by atoms with Crippen molar-refractivity contribution >= 4 is 16.6 Å². The van der Waals surface area contributed by atoms with E-state index in [-0.39, 0.29) is 0 Å². The van der Waals surface area contributed by atoms with Crippen LogP contribution in [0.3, 0.4) is 0 Å². The van der Waals surface area contributed by atoms with Crippen LogP contribution in [-0.2, 0) is 0 Å². The van der Waals surface area contributed by atoms with Crippen LogP contribution in [0, 0.1) is 6.92 Å². The Bertz CT molecular complexity index is 465. The summed E-state index contributed by atoms with van der Waals surface area (Å²) in [6.45, 7) is 3.49. The number of para-hydroxylation sites is 1. The van der Waals surface area contributed by atoms with Crippen molar-refractivity contribution in [2.45, 2.75) is 6.92 Å². The Labute approximate surface area is 89.3 Å². The third-order valence-corrected chi connectivity index (χ3v) is 2.43. The molecule has 1 heterocycles. The Morgan fingerprint density at radius 3 is 3.00 bits per heavy atom. The quantitative estimate of drug-likeness (QED) is 0.797. The summed E-state index contributed by atoms with van der Waals surface area (Å²) in [5.41, 5.74) is 8.83. The lowest BCUT2D eigenvalue weighted by Gasteiger charge is -2.09. The summed E-state index contributed by atoms with van der Waals surface area (Å²) in [4.78, 5) is 4.38. The number of pyridine rings is 1. The number of hydrogen-bond donors (Lipinski definition) is 2. The lowest BCUT2D eigenvalue weighted by Crippen LogP contribution is -2.13. The van der Waals surface area contributed by atoms with Gasteiger partial charge in [-0.1, -0.05) is 18.2 Å². The maximum atomic E-state index is 5.47. The molecule has 15 heavy (non-hydrogen) atoms. The molecule has 3 heteroatoms. The number of benzene rings is 1. The minimum absolute atomic E-state index is 0.635. The van der Waals surface area contributed by atoms with Crippen LogP contribution in [0.4, 0.5) is 5.69 Å². The minimum atomic E-state index is 0.635. The fourth-order valence-corrected chi connectivity index (χ4v) is 1.68. The molecule has 3 nitrogen and oxygen atoms in total. The van der Waals surface area contributed by atoms with E-state index in [2.05, 4.69) is 29.4 Å². The van der Waals surface area contributed by atoms with Gasteiger partial charge in [0.15, 0.2) is 0 Å². The molecule has 0 fully saturated rings. The highest BCUT2D eigenvalue weighted by atomic mass is 14.9. The number of anilines is 1. The molecule has 0 aliphatic heterocycles. The molecular formula is C12H15N3. The van der Waals surface area contributed by atoms with Gasteiger partial charge in [-0.25, -0.2) is 0 Å². The molecule has 0 bridgehead atoms. The van der Waals surface area contributed by atoms with Gasteiger partial charge < -0.3 is 11.1 Å². The van der Waals surface area contributed by atoms with Crippen LogP contribution in [0.2, 0.25) is 0 Å². The summed E-state index contributed by atoms with van der Waals surface area (Å²) in [7, 11) is 0. The second kappa shape index (κ2) is 4.28. The molecule has 0 saturated carbocycles. The Morgan fingerprint density at radius 2 is 2.20 bits per heavy atom. The number of nitrogens with two attached hydrogens (primary N) is 1. The topological polar surface area (TPSA) is 50.9 Å². The average Bonchev–Trinajstić information content (AvgIpc) is 2.27. The molecule has 0 aliphatic rings. The van der Waals surface area contributed by atoms with E-state index < -0.39 is 0 Å². The second-order valence-electron chi connectivity index (χ2n) is 3.55. The number of rotatable bonds is 3. The fourth-order valence-electron chi connectivity index (χ4n) is 1.68. The first-order chi connectivity index (χ1) is 7.33. The zero-order valence-corrected chi connectivity index (χ0v) is 8.83. The van der Waals surface area contributed by atoms with Crippen LogP contribution in [0.1, 0.15) is 5.56 Å². The number of aromatic nitrogens is 1. The Balaban J connectivity index is 2.51. The number of nitrogens with one attached hydrogen (secondary N) is 1. The predicted octanol–water partition coefficient (Wildman–Crippen LogP) is 1.91. The van der Waals surface area contributed by atoms with Crippen molar-refractivity contribution < 1.29 is 0 Å². The Hall–Kier alpha value is -1.61. The van der Waals surface area contributed by atoms with Gasteiger partial charge in [-0.05, 0) is 18.6 Å². The first-order valence-electron chi connectivity index (χ1n) is 5.11. The predicted molar refractivity (Wildman–Crippen MR) is 64.0 cm³/mol. The SMILES string of the molecule is Cc1cccc2c(NCCN)ccnc12. The summed E-state index contributed by atoms with van der Waals surface area (Å²) < 4.78 is 0. The maximum absolute atomic E-state index is 5.47. The maximum Gasteiger partial charge on any atom is 0.0751 e. The van der Waals surface area contributed by atoms with E-state index in [1.54, 1.807) is 0 Å². The Morgan fingerprint density at radius 1 is 1.33 bits per heavy atom. The van der Waals surface area contributed by atoms with Crippen molar-refractivity contribution in [1.82, 2.24) is 4.98 Å². The van der Waals surface area contributed by atoms with Crippen LogP contribution in [0.5, 0.6) is 0 Å². The first kappa shape index (κ1) is 9.93. The van der Waals surface area contributed by atoms with Gasteiger partial charge in [-0.3, -0.25) is 4.98 Å². The highest BCUT2D eigenvalue weighted by Crippen LogP contribution is 2.23. The number of nitrogens with zero attached hydrogens (tertiary/aromatic N) is 1. The van der Waals surface area contributed by atoms with E-state index in [1.807, 2.05) is 18.3 Å². The minimum Gasteiger partial charge on any atom is -0.383 e. The third-order valence-electron chi connectivity index (χ3n) is 2.43.